The molecule has 1 saturated heterocycles. The zero-order chi connectivity index (χ0) is 15.9. The molecule has 3 heterocycles. The van der Waals surface area contributed by atoms with Gasteiger partial charge in [-0.3, -0.25) is 9.78 Å². The largest absolute Gasteiger partial charge is 0.363 e. The van der Waals surface area contributed by atoms with Crippen molar-refractivity contribution in [1.29, 1.82) is 0 Å². The van der Waals surface area contributed by atoms with Crippen molar-refractivity contribution in [3.8, 4) is 0 Å². The summed E-state index contributed by atoms with van der Waals surface area (Å²) in [6.07, 6.45) is 9.46. The number of nitrogens with zero attached hydrogens (tertiary/aromatic N) is 4. The van der Waals surface area contributed by atoms with Gasteiger partial charge in [0.15, 0.2) is 0 Å². The first-order valence-electron chi connectivity index (χ1n) is 8.08. The van der Waals surface area contributed by atoms with Crippen LogP contribution >= 0.6 is 0 Å². The number of hydrogen-bond acceptors (Lipinski definition) is 5. The molecule has 0 saturated carbocycles. The van der Waals surface area contributed by atoms with Gasteiger partial charge in [0.25, 0.3) is 5.91 Å². The summed E-state index contributed by atoms with van der Waals surface area (Å²) in [6, 6.07) is 5.77. The molecule has 2 aromatic rings. The van der Waals surface area contributed by atoms with Gasteiger partial charge in [0.1, 0.15) is 11.5 Å². The SMILES string of the molecule is O=C(c1cnc(NCc2ccccn2)cn1)N1CCCCCC1. The standard InChI is InChI=1S/C17H21N5O/c23-17(22-9-5-1-2-6-10-22)15-12-21-16(13-19-15)20-11-14-7-3-4-8-18-14/h3-4,7-8,12-13H,1-2,5-6,9-11H2,(H,20,21). The van der Waals surface area contributed by atoms with Gasteiger partial charge in [-0.05, 0) is 25.0 Å². The molecule has 23 heavy (non-hydrogen) atoms. The average Bonchev–Trinajstić information content (AvgIpc) is 2.90. The molecule has 0 unspecified atom stereocenters. The highest BCUT2D eigenvalue weighted by Gasteiger charge is 2.18. The Labute approximate surface area is 136 Å². The summed E-state index contributed by atoms with van der Waals surface area (Å²) in [5.41, 5.74) is 1.34. The highest BCUT2D eigenvalue weighted by Crippen LogP contribution is 2.12. The van der Waals surface area contributed by atoms with E-state index in [1.807, 2.05) is 23.1 Å². The number of carbonyl (C=O) groups is 1. The number of carbonyl (C=O) groups excluding carboxylic acids is 1. The maximum Gasteiger partial charge on any atom is 0.274 e. The second kappa shape index (κ2) is 7.67. The molecule has 6 heteroatoms. The lowest BCUT2D eigenvalue weighted by molar-refractivity contribution is 0.0755. The Hall–Kier alpha value is -2.50. The maximum atomic E-state index is 12.4. The minimum atomic E-state index is -0.0179. The third kappa shape index (κ3) is 4.25. The van der Waals surface area contributed by atoms with Crippen LogP contribution in [0.4, 0.5) is 5.82 Å². The van der Waals surface area contributed by atoms with E-state index in [2.05, 4.69) is 20.3 Å². The van der Waals surface area contributed by atoms with E-state index in [0.717, 1.165) is 31.6 Å². The fourth-order valence-corrected chi connectivity index (χ4v) is 2.65. The molecule has 1 aliphatic rings. The molecule has 1 N–H and O–H groups in total. The summed E-state index contributed by atoms with van der Waals surface area (Å²) in [5.74, 6) is 0.624. The molecule has 0 spiro atoms. The third-order valence-electron chi connectivity index (χ3n) is 3.94. The molecule has 0 aromatic carbocycles. The lowest BCUT2D eigenvalue weighted by atomic mass is 10.2. The van der Waals surface area contributed by atoms with Gasteiger partial charge in [-0.25, -0.2) is 9.97 Å². The lowest BCUT2D eigenvalue weighted by Crippen LogP contribution is -2.32. The normalized spacial score (nSPS) is 15.0. The van der Waals surface area contributed by atoms with Crippen LogP contribution in [0.2, 0.25) is 0 Å². The van der Waals surface area contributed by atoms with Crippen LogP contribution in [0.3, 0.4) is 0 Å². The number of aromatic nitrogens is 3. The minimum Gasteiger partial charge on any atom is -0.363 e. The number of nitrogens with one attached hydrogen (secondary N) is 1. The summed E-state index contributed by atoms with van der Waals surface area (Å²) in [4.78, 5) is 27.1. The number of amides is 1. The van der Waals surface area contributed by atoms with Crippen LogP contribution in [-0.2, 0) is 6.54 Å². The molecule has 120 valence electrons. The Balaban J connectivity index is 1.59. The molecular formula is C17H21N5O. The van der Waals surface area contributed by atoms with E-state index >= 15 is 0 Å². The van der Waals surface area contributed by atoms with Crippen LogP contribution in [-0.4, -0.2) is 38.8 Å². The van der Waals surface area contributed by atoms with Crippen molar-refractivity contribution < 1.29 is 4.79 Å². The summed E-state index contributed by atoms with van der Waals surface area (Å²) < 4.78 is 0. The molecular weight excluding hydrogens is 290 g/mol. The van der Waals surface area contributed by atoms with Gasteiger partial charge in [0.05, 0.1) is 24.6 Å². The highest BCUT2D eigenvalue weighted by atomic mass is 16.2. The molecule has 2 aromatic heterocycles. The molecule has 3 rings (SSSR count). The van der Waals surface area contributed by atoms with Gasteiger partial charge in [0, 0.05) is 19.3 Å². The van der Waals surface area contributed by atoms with Crippen LogP contribution < -0.4 is 5.32 Å². The van der Waals surface area contributed by atoms with E-state index in [1.54, 1.807) is 18.6 Å². The van der Waals surface area contributed by atoms with Crippen molar-refractivity contribution in [2.24, 2.45) is 0 Å². The maximum absolute atomic E-state index is 12.4. The predicted octanol–water partition coefficient (Wildman–Crippen LogP) is 2.50. The summed E-state index contributed by atoms with van der Waals surface area (Å²) in [7, 11) is 0. The third-order valence-corrected chi connectivity index (χ3v) is 3.94. The van der Waals surface area contributed by atoms with Gasteiger partial charge < -0.3 is 10.2 Å². The first-order valence-corrected chi connectivity index (χ1v) is 8.08. The first kappa shape index (κ1) is 15.4. The second-order valence-corrected chi connectivity index (χ2v) is 5.67. The van der Waals surface area contributed by atoms with Crippen molar-refractivity contribution in [2.75, 3.05) is 18.4 Å². The van der Waals surface area contributed by atoms with Crippen LogP contribution in [0.25, 0.3) is 0 Å². The molecule has 0 radical (unpaired) electrons. The Morgan fingerprint density at radius 1 is 1.04 bits per heavy atom. The quantitative estimate of drug-likeness (QED) is 0.939. The molecule has 0 aliphatic carbocycles. The molecule has 1 aliphatic heterocycles. The smallest absolute Gasteiger partial charge is 0.274 e. The van der Waals surface area contributed by atoms with E-state index < -0.39 is 0 Å². The van der Waals surface area contributed by atoms with Crippen molar-refractivity contribution in [2.45, 2.75) is 32.2 Å². The van der Waals surface area contributed by atoms with Crippen LogP contribution in [0.1, 0.15) is 41.9 Å². The topological polar surface area (TPSA) is 71.0 Å². The van der Waals surface area contributed by atoms with Gasteiger partial charge >= 0.3 is 0 Å². The van der Waals surface area contributed by atoms with E-state index in [0.29, 0.717) is 18.1 Å². The Kier molecular flexibility index (Phi) is 5.13. The van der Waals surface area contributed by atoms with Crippen LogP contribution in [0.15, 0.2) is 36.8 Å². The Bertz CT molecular complexity index is 621. The van der Waals surface area contributed by atoms with E-state index in [-0.39, 0.29) is 5.91 Å². The molecule has 0 atom stereocenters. The molecule has 1 fully saturated rings. The Morgan fingerprint density at radius 2 is 1.87 bits per heavy atom. The summed E-state index contributed by atoms with van der Waals surface area (Å²) in [6.45, 7) is 2.22. The fraction of sp³-hybridized carbons (Fsp3) is 0.412. The first-order chi connectivity index (χ1) is 11.3. The van der Waals surface area contributed by atoms with Crippen LogP contribution in [0, 0.1) is 0 Å². The average molecular weight is 311 g/mol. The zero-order valence-electron chi connectivity index (χ0n) is 13.1. The monoisotopic (exact) mass is 311 g/mol. The van der Waals surface area contributed by atoms with E-state index in [9.17, 15) is 4.79 Å². The number of rotatable bonds is 4. The van der Waals surface area contributed by atoms with Crippen molar-refractivity contribution >= 4 is 11.7 Å². The molecule has 0 bridgehead atoms. The summed E-state index contributed by atoms with van der Waals surface area (Å²) >= 11 is 0. The van der Waals surface area contributed by atoms with Crippen LogP contribution in [0.5, 0.6) is 0 Å². The Morgan fingerprint density at radius 3 is 2.52 bits per heavy atom. The lowest BCUT2D eigenvalue weighted by Gasteiger charge is -2.19. The van der Waals surface area contributed by atoms with Crippen molar-refractivity contribution in [3.05, 3.63) is 48.2 Å². The van der Waals surface area contributed by atoms with Gasteiger partial charge in [-0.15, -0.1) is 0 Å². The van der Waals surface area contributed by atoms with Crippen molar-refractivity contribution in [3.63, 3.8) is 0 Å². The number of likely N-dealkylation sites (tertiary alicyclic amines) is 1. The van der Waals surface area contributed by atoms with Gasteiger partial charge in [-0.1, -0.05) is 18.9 Å². The van der Waals surface area contributed by atoms with Crippen molar-refractivity contribution in [1.82, 2.24) is 19.9 Å². The molecule has 6 nitrogen and oxygen atoms in total. The number of hydrogen-bond donors (Lipinski definition) is 1. The predicted molar refractivity (Wildman–Crippen MR) is 88.0 cm³/mol. The zero-order valence-corrected chi connectivity index (χ0v) is 13.1. The highest BCUT2D eigenvalue weighted by molar-refractivity contribution is 5.92. The van der Waals surface area contributed by atoms with Gasteiger partial charge in [0.2, 0.25) is 0 Å². The summed E-state index contributed by atoms with van der Waals surface area (Å²) in [5, 5.41) is 3.16. The van der Waals surface area contributed by atoms with E-state index in [4.69, 9.17) is 0 Å². The fourth-order valence-electron chi connectivity index (χ4n) is 2.65. The molecule has 1 amide bonds. The second-order valence-electron chi connectivity index (χ2n) is 5.67. The van der Waals surface area contributed by atoms with E-state index in [1.165, 1.54) is 12.8 Å². The number of pyridine rings is 1. The number of anilines is 1. The van der Waals surface area contributed by atoms with Gasteiger partial charge in [-0.2, -0.15) is 0 Å². The minimum absolute atomic E-state index is 0.0179.